The summed E-state index contributed by atoms with van der Waals surface area (Å²) in [5.41, 5.74) is 10.4. The molecule has 0 aliphatic carbocycles. The summed E-state index contributed by atoms with van der Waals surface area (Å²) in [5, 5.41) is 20.3. The number of benzene rings is 3. The zero-order chi connectivity index (χ0) is 24.1. The lowest BCUT2D eigenvalue weighted by Crippen LogP contribution is -2.43. The maximum Gasteiger partial charge on any atom is 0.185 e. The molecule has 0 radical (unpaired) electrons. The molecule has 0 amide bonds. The van der Waals surface area contributed by atoms with Crippen molar-refractivity contribution in [1.29, 1.82) is 0 Å². The van der Waals surface area contributed by atoms with Crippen LogP contribution in [0.3, 0.4) is 0 Å². The molecular weight excluding hydrogens is 428 g/mol. The molecule has 6 heteroatoms. The first-order valence-corrected chi connectivity index (χ1v) is 11.7. The molecule has 0 bridgehead atoms. The average molecular weight is 463 g/mol. The fraction of sp³-hybridized carbons (Fsp3) is 0.357. The lowest BCUT2D eigenvalue weighted by atomic mass is 9.98. The minimum absolute atomic E-state index is 0.00980. The van der Waals surface area contributed by atoms with Crippen molar-refractivity contribution in [3.05, 3.63) is 101 Å². The Morgan fingerprint density at radius 1 is 0.971 bits per heavy atom. The smallest absolute Gasteiger partial charge is 0.185 e. The number of nitrogens with zero attached hydrogens (tertiary/aromatic N) is 1. The molecular formula is C28H34N2O4. The van der Waals surface area contributed by atoms with Gasteiger partial charge in [0, 0.05) is 30.3 Å². The normalized spacial score (nSPS) is 22.4. The first kappa shape index (κ1) is 24.4. The third-order valence-corrected chi connectivity index (χ3v) is 6.58. The number of anilines is 1. The minimum atomic E-state index is -0.599. The van der Waals surface area contributed by atoms with Gasteiger partial charge in [-0.05, 0) is 42.8 Å². The summed E-state index contributed by atoms with van der Waals surface area (Å²) in [6.07, 6.45) is -0.751. The van der Waals surface area contributed by atoms with Crippen LogP contribution in [-0.4, -0.2) is 40.9 Å². The summed E-state index contributed by atoms with van der Waals surface area (Å²) in [5.74, 6) is 0. The molecule has 34 heavy (non-hydrogen) atoms. The van der Waals surface area contributed by atoms with Gasteiger partial charge in [0.25, 0.3) is 0 Å². The Hall–Kier alpha value is -2.74. The van der Waals surface area contributed by atoms with Crippen molar-refractivity contribution in [3.8, 4) is 0 Å². The number of nitrogen functional groups attached to an aromatic ring is 1. The van der Waals surface area contributed by atoms with Crippen LogP contribution in [0.1, 0.15) is 54.1 Å². The molecule has 3 aromatic carbocycles. The molecule has 4 N–H and O–H groups in total. The SMILES string of the molecule is C[C@@H]([C@H](O)c1ccccc1)N(C)C[C@@H]1C[C@H](c2ccc(CO)cc2)OC(c2cccc(N)c2)O1. The largest absolute Gasteiger partial charge is 0.399 e. The first-order chi connectivity index (χ1) is 16.4. The molecule has 3 aromatic rings. The Morgan fingerprint density at radius 2 is 1.71 bits per heavy atom. The monoisotopic (exact) mass is 462 g/mol. The molecule has 1 unspecified atom stereocenters. The summed E-state index contributed by atoms with van der Waals surface area (Å²) in [6.45, 7) is 2.67. The number of aliphatic hydroxyl groups is 2. The first-order valence-electron chi connectivity index (χ1n) is 11.7. The topological polar surface area (TPSA) is 88.2 Å². The van der Waals surface area contributed by atoms with E-state index in [1.54, 1.807) is 0 Å². The molecule has 6 nitrogen and oxygen atoms in total. The summed E-state index contributed by atoms with van der Waals surface area (Å²) in [6, 6.07) is 25.0. The van der Waals surface area contributed by atoms with Crippen LogP contribution in [-0.2, 0) is 16.1 Å². The van der Waals surface area contributed by atoms with Gasteiger partial charge in [-0.15, -0.1) is 0 Å². The van der Waals surface area contributed by atoms with Crippen molar-refractivity contribution in [3.63, 3.8) is 0 Å². The molecule has 1 aliphatic heterocycles. The Bertz CT molecular complexity index is 1040. The van der Waals surface area contributed by atoms with Crippen LogP contribution in [0.25, 0.3) is 0 Å². The highest BCUT2D eigenvalue weighted by Crippen LogP contribution is 2.38. The fourth-order valence-corrected chi connectivity index (χ4v) is 4.40. The number of hydrogen-bond acceptors (Lipinski definition) is 6. The predicted molar refractivity (Wildman–Crippen MR) is 133 cm³/mol. The predicted octanol–water partition coefficient (Wildman–Crippen LogP) is 4.36. The van der Waals surface area contributed by atoms with E-state index in [0.717, 1.165) is 22.3 Å². The summed E-state index contributed by atoms with van der Waals surface area (Å²) in [7, 11) is 2.01. The Labute approximate surface area is 201 Å². The van der Waals surface area contributed by atoms with E-state index in [0.29, 0.717) is 18.7 Å². The van der Waals surface area contributed by atoms with Gasteiger partial charge in [-0.2, -0.15) is 0 Å². The van der Waals surface area contributed by atoms with E-state index in [2.05, 4.69) is 4.90 Å². The van der Waals surface area contributed by atoms with Crippen molar-refractivity contribution in [2.45, 2.75) is 50.6 Å². The second kappa shape index (κ2) is 11.1. The molecule has 0 aromatic heterocycles. The Morgan fingerprint density at radius 3 is 2.38 bits per heavy atom. The Balaban J connectivity index is 1.52. The van der Waals surface area contributed by atoms with Gasteiger partial charge in [-0.3, -0.25) is 4.90 Å². The van der Waals surface area contributed by atoms with E-state index in [1.165, 1.54) is 0 Å². The van der Waals surface area contributed by atoms with Crippen LogP contribution in [0.15, 0.2) is 78.9 Å². The molecule has 0 spiro atoms. The lowest BCUT2D eigenvalue weighted by Gasteiger charge is -2.39. The number of nitrogens with two attached hydrogens (primary N) is 1. The van der Waals surface area contributed by atoms with Crippen LogP contribution in [0, 0.1) is 0 Å². The van der Waals surface area contributed by atoms with Gasteiger partial charge in [0.15, 0.2) is 6.29 Å². The minimum Gasteiger partial charge on any atom is -0.399 e. The number of aliphatic hydroxyl groups excluding tert-OH is 2. The quantitative estimate of drug-likeness (QED) is 0.431. The maximum atomic E-state index is 10.9. The van der Waals surface area contributed by atoms with E-state index >= 15 is 0 Å². The van der Waals surface area contributed by atoms with Crippen LogP contribution in [0.2, 0.25) is 0 Å². The Kier molecular flexibility index (Phi) is 7.98. The summed E-state index contributed by atoms with van der Waals surface area (Å²) < 4.78 is 12.8. The molecule has 1 heterocycles. The third-order valence-electron chi connectivity index (χ3n) is 6.58. The maximum absolute atomic E-state index is 10.9. The number of rotatable bonds is 8. The second-order valence-electron chi connectivity index (χ2n) is 9.06. The number of hydrogen-bond donors (Lipinski definition) is 3. The van der Waals surface area contributed by atoms with Crippen molar-refractivity contribution in [2.75, 3.05) is 19.3 Å². The van der Waals surface area contributed by atoms with E-state index in [4.69, 9.17) is 15.2 Å². The van der Waals surface area contributed by atoms with Crippen molar-refractivity contribution >= 4 is 5.69 Å². The number of ether oxygens (including phenoxy) is 2. The van der Waals surface area contributed by atoms with Gasteiger partial charge in [0.1, 0.15) is 0 Å². The average Bonchev–Trinajstić information content (AvgIpc) is 2.88. The van der Waals surface area contributed by atoms with Gasteiger partial charge >= 0.3 is 0 Å². The standard InChI is InChI=1S/C28H34N2O4/c1-19(27(32)22-7-4-3-5-8-22)30(2)17-25-16-26(21-13-11-20(18-31)12-14-21)34-28(33-25)23-9-6-10-24(29)15-23/h3-15,19,25-28,31-32H,16-18,29H2,1-2H3/t19-,25-,26+,27-,28?/m0/s1. The van der Waals surface area contributed by atoms with Gasteiger partial charge in [-0.1, -0.05) is 66.7 Å². The van der Waals surface area contributed by atoms with Crippen molar-refractivity contribution < 1.29 is 19.7 Å². The van der Waals surface area contributed by atoms with E-state index in [9.17, 15) is 10.2 Å². The fourth-order valence-electron chi connectivity index (χ4n) is 4.40. The zero-order valence-electron chi connectivity index (χ0n) is 19.7. The van der Waals surface area contributed by atoms with Crippen molar-refractivity contribution in [2.24, 2.45) is 0 Å². The van der Waals surface area contributed by atoms with Crippen molar-refractivity contribution in [1.82, 2.24) is 4.90 Å². The highest BCUT2D eigenvalue weighted by atomic mass is 16.7. The molecule has 1 saturated heterocycles. The summed E-state index contributed by atoms with van der Waals surface area (Å²) >= 11 is 0. The summed E-state index contributed by atoms with van der Waals surface area (Å²) in [4.78, 5) is 2.13. The molecule has 180 valence electrons. The molecule has 5 atom stereocenters. The molecule has 1 fully saturated rings. The number of likely N-dealkylation sites (N-methyl/N-ethyl adjacent to an activating group) is 1. The zero-order valence-corrected chi connectivity index (χ0v) is 19.7. The van der Waals surface area contributed by atoms with E-state index < -0.39 is 12.4 Å². The van der Waals surface area contributed by atoms with Gasteiger partial charge in [0.05, 0.1) is 24.9 Å². The molecule has 1 aliphatic rings. The van der Waals surface area contributed by atoms with Gasteiger partial charge in [-0.25, -0.2) is 0 Å². The highest BCUT2D eigenvalue weighted by molar-refractivity contribution is 5.41. The van der Waals surface area contributed by atoms with Gasteiger partial charge in [0.2, 0.25) is 0 Å². The molecule has 0 saturated carbocycles. The van der Waals surface area contributed by atoms with Crippen LogP contribution >= 0.6 is 0 Å². The van der Waals surface area contributed by atoms with Crippen LogP contribution < -0.4 is 5.73 Å². The molecule has 4 rings (SSSR count). The van der Waals surface area contributed by atoms with Crippen LogP contribution in [0.4, 0.5) is 5.69 Å². The van der Waals surface area contributed by atoms with E-state index in [-0.39, 0.29) is 24.9 Å². The third kappa shape index (κ3) is 5.84. The highest BCUT2D eigenvalue weighted by Gasteiger charge is 2.34. The second-order valence-corrected chi connectivity index (χ2v) is 9.06. The van der Waals surface area contributed by atoms with Gasteiger partial charge < -0.3 is 25.4 Å². The van der Waals surface area contributed by atoms with Crippen LogP contribution in [0.5, 0.6) is 0 Å². The lowest BCUT2D eigenvalue weighted by molar-refractivity contribution is -0.253. The van der Waals surface area contributed by atoms with E-state index in [1.807, 2.05) is 92.8 Å².